The lowest BCUT2D eigenvalue weighted by Gasteiger charge is -2.20. The summed E-state index contributed by atoms with van der Waals surface area (Å²) in [6.45, 7) is 2.65. The lowest BCUT2D eigenvalue weighted by molar-refractivity contribution is 0.0758. The van der Waals surface area contributed by atoms with Crippen molar-refractivity contribution < 1.29 is 4.79 Å². The molecule has 0 saturated heterocycles. The predicted octanol–water partition coefficient (Wildman–Crippen LogP) is 1.38. The summed E-state index contributed by atoms with van der Waals surface area (Å²) in [5.41, 5.74) is 1.65. The van der Waals surface area contributed by atoms with Gasteiger partial charge in [0.05, 0.1) is 36.4 Å². The summed E-state index contributed by atoms with van der Waals surface area (Å²) >= 11 is 0. The molecule has 8 nitrogen and oxygen atoms in total. The number of pyridine rings is 1. The molecule has 0 saturated carbocycles. The third-order valence-corrected chi connectivity index (χ3v) is 4.45. The van der Waals surface area contributed by atoms with Gasteiger partial charge < -0.3 is 14.8 Å². The van der Waals surface area contributed by atoms with E-state index in [0.29, 0.717) is 25.2 Å². The van der Waals surface area contributed by atoms with Crippen LogP contribution in [-0.4, -0.2) is 48.6 Å². The first kappa shape index (κ1) is 16.2. The number of aromatic nitrogens is 5. The van der Waals surface area contributed by atoms with E-state index in [-0.39, 0.29) is 5.91 Å². The zero-order valence-corrected chi connectivity index (χ0v) is 14.2. The molecule has 4 heterocycles. The van der Waals surface area contributed by atoms with Crippen LogP contribution in [0.4, 0.5) is 5.82 Å². The van der Waals surface area contributed by atoms with Gasteiger partial charge in [0, 0.05) is 32.3 Å². The Labute approximate surface area is 150 Å². The van der Waals surface area contributed by atoms with Gasteiger partial charge in [-0.25, -0.2) is 9.97 Å². The average Bonchev–Trinajstić information content (AvgIpc) is 2.96. The molecule has 0 aliphatic carbocycles. The molecule has 0 atom stereocenters. The Morgan fingerprint density at radius 2 is 2.00 bits per heavy atom. The van der Waals surface area contributed by atoms with Crippen molar-refractivity contribution >= 4 is 11.7 Å². The number of rotatable bonds is 4. The summed E-state index contributed by atoms with van der Waals surface area (Å²) in [6, 6.07) is 7.47. The standard InChI is InChI=1S/C18H19N7O/c26-18(14-4-7-22-23-11-14)24-8-5-17-21-13-15(25(17)10-9-24)12-20-16-3-1-2-6-19-16/h1-4,6-7,11,13H,5,8-10,12H2,(H,19,20). The SMILES string of the molecule is O=C(c1ccnnc1)N1CCc2ncc(CNc3ccccn3)n2CC1. The van der Waals surface area contributed by atoms with E-state index in [1.54, 1.807) is 12.3 Å². The number of hydrogen-bond donors (Lipinski definition) is 1. The van der Waals surface area contributed by atoms with Crippen LogP contribution in [0.2, 0.25) is 0 Å². The van der Waals surface area contributed by atoms with E-state index in [2.05, 4.69) is 30.0 Å². The second-order valence-corrected chi connectivity index (χ2v) is 6.06. The Kier molecular flexibility index (Phi) is 4.55. The molecule has 0 aromatic carbocycles. The molecule has 132 valence electrons. The average molecular weight is 349 g/mol. The molecule has 0 radical (unpaired) electrons. The Morgan fingerprint density at radius 3 is 2.81 bits per heavy atom. The van der Waals surface area contributed by atoms with Crippen LogP contribution in [0.25, 0.3) is 0 Å². The molecule has 1 amide bonds. The maximum atomic E-state index is 12.6. The minimum atomic E-state index is -0.0150. The van der Waals surface area contributed by atoms with Gasteiger partial charge in [-0.05, 0) is 18.2 Å². The first-order chi connectivity index (χ1) is 12.8. The van der Waals surface area contributed by atoms with E-state index in [1.165, 1.54) is 12.4 Å². The minimum absolute atomic E-state index is 0.0150. The Bertz CT molecular complexity index is 879. The van der Waals surface area contributed by atoms with Crippen molar-refractivity contribution in [2.24, 2.45) is 0 Å². The third kappa shape index (κ3) is 3.39. The Morgan fingerprint density at radius 1 is 1.04 bits per heavy atom. The number of carbonyl (C=O) groups is 1. The highest BCUT2D eigenvalue weighted by Gasteiger charge is 2.21. The molecule has 0 spiro atoms. The predicted molar refractivity (Wildman–Crippen MR) is 95.4 cm³/mol. The van der Waals surface area contributed by atoms with Crippen LogP contribution >= 0.6 is 0 Å². The number of carbonyl (C=O) groups excluding carboxylic acids is 1. The summed E-state index contributed by atoms with van der Waals surface area (Å²) in [5.74, 6) is 1.82. The molecule has 8 heteroatoms. The topological polar surface area (TPSA) is 88.8 Å². The highest BCUT2D eigenvalue weighted by Crippen LogP contribution is 2.15. The summed E-state index contributed by atoms with van der Waals surface area (Å²) in [5, 5.41) is 10.8. The molecule has 1 aliphatic heterocycles. The van der Waals surface area contributed by atoms with Crippen molar-refractivity contribution in [2.75, 3.05) is 18.4 Å². The fourth-order valence-electron chi connectivity index (χ4n) is 3.09. The zero-order valence-electron chi connectivity index (χ0n) is 14.2. The molecule has 0 fully saturated rings. The van der Waals surface area contributed by atoms with E-state index in [9.17, 15) is 4.79 Å². The van der Waals surface area contributed by atoms with Crippen LogP contribution in [0.3, 0.4) is 0 Å². The van der Waals surface area contributed by atoms with Crippen molar-refractivity contribution in [2.45, 2.75) is 19.5 Å². The summed E-state index contributed by atoms with van der Waals surface area (Å²) in [6.07, 6.45) is 7.44. The van der Waals surface area contributed by atoms with E-state index < -0.39 is 0 Å². The van der Waals surface area contributed by atoms with Gasteiger partial charge in [0.15, 0.2) is 0 Å². The van der Waals surface area contributed by atoms with Gasteiger partial charge >= 0.3 is 0 Å². The molecule has 4 rings (SSSR count). The third-order valence-electron chi connectivity index (χ3n) is 4.45. The number of hydrogen-bond acceptors (Lipinski definition) is 6. The minimum Gasteiger partial charge on any atom is -0.364 e. The van der Waals surface area contributed by atoms with Crippen molar-refractivity contribution in [3.05, 3.63) is 66.1 Å². The van der Waals surface area contributed by atoms with Gasteiger partial charge in [0.2, 0.25) is 0 Å². The van der Waals surface area contributed by atoms with Crippen LogP contribution in [0.1, 0.15) is 21.9 Å². The van der Waals surface area contributed by atoms with E-state index in [4.69, 9.17) is 0 Å². The first-order valence-electron chi connectivity index (χ1n) is 8.55. The number of fused-ring (bicyclic) bond motifs is 1. The van der Waals surface area contributed by atoms with Gasteiger partial charge in [0.1, 0.15) is 11.6 Å². The maximum absolute atomic E-state index is 12.6. The molecule has 0 unspecified atom stereocenters. The first-order valence-corrected chi connectivity index (χ1v) is 8.55. The lowest BCUT2D eigenvalue weighted by atomic mass is 10.2. The Hall–Kier alpha value is -3.29. The number of imidazole rings is 1. The molecule has 26 heavy (non-hydrogen) atoms. The molecular weight excluding hydrogens is 330 g/mol. The highest BCUT2D eigenvalue weighted by molar-refractivity contribution is 5.93. The van der Waals surface area contributed by atoms with E-state index in [0.717, 1.165) is 30.3 Å². The summed E-state index contributed by atoms with van der Waals surface area (Å²) < 4.78 is 2.19. The fourth-order valence-corrected chi connectivity index (χ4v) is 3.09. The van der Waals surface area contributed by atoms with Crippen LogP contribution in [0.5, 0.6) is 0 Å². The largest absolute Gasteiger partial charge is 0.364 e. The molecular formula is C18H19N7O. The number of nitrogens with one attached hydrogen (secondary N) is 1. The molecule has 3 aromatic heterocycles. The molecule has 0 bridgehead atoms. The normalized spacial score (nSPS) is 13.8. The second kappa shape index (κ2) is 7.30. The van der Waals surface area contributed by atoms with Gasteiger partial charge in [-0.3, -0.25) is 4.79 Å². The van der Waals surface area contributed by atoms with Gasteiger partial charge in [-0.2, -0.15) is 10.2 Å². The Balaban J connectivity index is 1.44. The van der Waals surface area contributed by atoms with E-state index in [1.807, 2.05) is 29.3 Å². The highest BCUT2D eigenvalue weighted by atomic mass is 16.2. The maximum Gasteiger partial charge on any atom is 0.255 e. The van der Waals surface area contributed by atoms with E-state index >= 15 is 0 Å². The summed E-state index contributed by atoms with van der Waals surface area (Å²) in [7, 11) is 0. The fraction of sp³-hybridized carbons (Fsp3) is 0.278. The molecule has 3 aromatic rings. The number of amides is 1. The van der Waals surface area contributed by atoms with Crippen LogP contribution in [0.15, 0.2) is 49.1 Å². The van der Waals surface area contributed by atoms with Crippen LogP contribution in [-0.2, 0) is 19.5 Å². The number of anilines is 1. The summed E-state index contributed by atoms with van der Waals surface area (Å²) in [4.78, 5) is 23.3. The van der Waals surface area contributed by atoms with Gasteiger partial charge in [-0.1, -0.05) is 6.07 Å². The molecule has 1 N–H and O–H groups in total. The second-order valence-electron chi connectivity index (χ2n) is 6.06. The van der Waals surface area contributed by atoms with Gasteiger partial charge in [-0.15, -0.1) is 0 Å². The monoisotopic (exact) mass is 349 g/mol. The van der Waals surface area contributed by atoms with Crippen molar-refractivity contribution in [1.82, 2.24) is 29.6 Å². The molecule has 1 aliphatic rings. The lowest BCUT2D eigenvalue weighted by Crippen LogP contribution is -2.33. The van der Waals surface area contributed by atoms with Crippen molar-refractivity contribution in [3.63, 3.8) is 0 Å². The smallest absolute Gasteiger partial charge is 0.255 e. The van der Waals surface area contributed by atoms with Crippen molar-refractivity contribution in [3.8, 4) is 0 Å². The van der Waals surface area contributed by atoms with Gasteiger partial charge in [0.25, 0.3) is 5.91 Å². The zero-order chi connectivity index (χ0) is 17.8. The van der Waals surface area contributed by atoms with Crippen molar-refractivity contribution in [1.29, 1.82) is 0 Å². The van der Waals surface area contributed by atoms with Crippen LogP contribution in [0, 0.1) is 0 Å². The quantitative estimate of drug-likeness (QED) is 0.765. The van der Waals surface area contributed by atoms with Crippen LogP contribution < -0.4 is 5.32 Å². The number of nitrogens with zero attached hydrogens (tertiary/aromatic N) is 6.